The molecule has 3 heteroatoms. The number of unbranched alkanes of at least 4 members (excludes halogenated alkanes) is 3. The summed E-state index contributed by atoms with van der Waals surface area (Å²) in [6.07, 6.45) is 13.0. The molecule has 2 nitrogen and oxygen atoms in total. The van der Waals surface area contributed by atoms with Crippen molar-refractivity contribution in [2.24, 2.45) is 23.7 Å². The summed E-state index contributed by atoms with van der Waals surface area (Å²) in [6, 6.07) is 0. The van der Waals surface area contributed by atoms with E-state index < -0.39 is 18.4 Å². The van der Waals surface area contributed by atoms with Gasteiger partial charge in [-0.25, -0.2) is 0 Å². The molecule has 1 aliphatic rings. The molecule has 1 rings (SSSR count). The van der Waals surface area contributed by atoms with Crippen molar-refractivity contribution >= 4 is 18.4 Å². The van der Waals surface area contributed by atoms with Crippen LogP contribution >= 0.6 is 0 Å². The molecule has 6 atom stereocenters. The van der Waals surface area contributed by atoms with Gasteiger partial charge >= 0.3 is 188 Å². The molecule has 0 amide bonds. The van der Waals surface area contributed by atoms with E-state index in [0.717, 1.165) is 6.42 Å². The van der Waals surface area contributed by atoms with Crippen LogP contribution in [0.2, 0.25) is 13.3 Å². The summed E-state index contributed by atoms with van der Waals surface area (Å²) in [4.78, 5) is 0. The van der Waals surface area contributed by atoms with E-state index in [1.807, 2.05) is 7.11 Å². The molecule has 0 radical (unpaired) electrons. The van der Waals surface area contributed by atoms with Crippen LogP contribution in [0, 0.1) is 23.7 Å². The first-order valence-corrected chi connectivity index (χ1v) is 20.5. The Morgan fingerprint density at radius 1 is 0.931 bits per heavy atom. The zero-order valence-electron chi connectivity index (χ0n) is 20.8. The second-order valence-electron chi connectivity index (χ2n) is 9.99. The summed E-state index contributed by atoms with van der Waals surface area (Å²) in [5.41, 5.74) is 0. The molecule has 1 N–H and O–H groups in total. The quantitative estimate of drug-likeness (QED) is 0.202. The van der Waals surface area contributed by atoms with Crippen LogP contribution in [0.25, 0.3) is 0 Å². The maximum atomic E-state index is 11.1. The number of methoxy groups -OCH3 is 1. The van der Waals surface area contributed by atoms with Crippen molar-refractivity contribution in [1.82, 2.24) is 0 Å². The SMILES string of the molecule is CCC[CH2][Sn](/[CH]=C/[C@@H](C)[C@H](O)[C@H]1C[C@H]1[C@H](C)[C@H](CC)OC)([CH2]CCC)[CH2]CCC. The minimum atomic E-state index is -2.23. The van der Waals surface area contributed by atoms with Crippen LogP contribution in [0.3, 0.4) is 0 Å². The number of ether oxygens (including phenoxy) is 1. The molecular weight excluding hydrogens is 463 g/mol. The first-order chi connectivity index (χ1) is 13.9. The van der Waals surface area contributed by atoms with E-state index in [9.17, 15) is 5.11 Å². The fraction of sp³-hybridized carbons (Fsp3) is 0.923. The van der Waals surface area contributed by atoms with Gasteiger partial charge < -0.3 is 0 Å². The fourth-order valence-electron chi connectivity index (χ4n) is 5.33. The summed E-state index contributed by atoms with van der Waals surface area (Å²) >= 11 is -2.23. The Hall–Kier alpha value is 0.459. The summed E-state index contributed by atoms with van der Waals surface area (Å²) in [7, 11) is 1.83. The van der Waals surface area contributed by atoms with Crippen LogP contribution in [0.4, 0.5) is 0 Å². The number of aliphatic hydroxyl groups excluding tert-OH is 1. The van der Waals surface area contributed by atoms with E-state index in [0.29, 0.717) is 29.8 Å². The molecule has 0 aromatic carbocycles. The number of hydrogen-bond donors (Lipinski definition) is 1. The molecule has 0 saturated heterocycles. The third-order valence-corrected chi connectivity index (χ3v) is 21.8. The van der Waals surface area contributed by atoms with Gasteiger partial charge in [-0.2, -0.15) is 0 Å². The predicted molar refractivity (Wildman–Crippen MR) is 131 cm³/mol. The van der Waals surface area contributed by atoms with Gasteiger partial charge in [-0.05, 0) is 0 Å². The van der Waals surface area contributed by atoms with Gasteiger partial charge in [0.1, 0.15) is 0 Å². The van der Waals surface area contributed by atoms with Crippen molar-refractivity contribution in [1.29, 1.82) is 0 Å². The van der Waals surface area contributed by atoms with Crippen molar-refractivity contribution in [3.05, 3.63) is 10.2 Å². The molecule has 0 spiro atoms. The van der Waals surface area contributed by atoms with Crippen LogP contribution in [-0.4, -0.2) is 42.8 Å². The maximum absolute atomic E-state index is 11.1. The molecule has 0 aromatic heterocycles. The molecule has 172 valence electrons. The minimum absolute atomic E-state index is 0.180. The Labute approximate surface area is 187 Å². The van der Waals surface area contributed by atoms with Gasteiger partial charge in [0.2, 0.25) is 0 Å². The van der Waals surface area contributed by atoms with E-state index in [4.69, 9.17) is 4.74 Å². The molecule has 29 heavy (non-hydrogen) atoms. The first-order valence-electron chi connectivity index (χ1n) is 12.8. The summed E-state index contributed by atoms with van der Waals surface area (Å²) in [5, 5.41) is 11.1. The van der Waals surface area contributed by atoms with Crippen molar-refractivity contribution in [2.75, 3.05) is 7.11 Å². The molecule has 0 bridgehead atoms. The molecule has 0 aromatic rings. The van der Waals surface area contributed by atoms with Gasteiger partial charge in [0.25, 0.3) is 0 Å². The molecule has 0 heterocycles. The topological polar surface area (TPSA) is 29.5 Å². The second-order valence-corrected chi connectivity index (χ2v) is 23.0. The van der Waals surface area contributed by atoms with Gasteiger partial charge in [-0.1, -0.05) is 0 Å². The van der Waals surface area contributed by atoms with Crippen molar-refractivity contribution in [3.63, 3.8) is 0 Å². The summed E-state index contributed by atoms with van der Waals surface area (Å²) in [6.45, 7) is 13.8. The molecule has 0 unspecified atom stereocenters. The Morgan fingerprint density at radius 3 is 1.86 bits per heavy atom. The van der Waals surface area contributed by atoms with E-state index in [-0.39, 0.29) is 6.10 Å². The third kappa shape index (κ3) is 8.85. The van der Waals surface area contributed by atoms with Crippen molar-refractivity contribution in [2.45, 2.75) is 118 Å². The average molecular weight is 515 g/mol. The van der Waals surface area contributed by atoms with Gasteiger partial charge in [-0.15, -0.1) is 0 Å². The van der Waals surface area contributed by atoms with E-state index >= 15 is 0 Å². The van der Waals surface area contributed by atoms with Crippen molar-refractivity contribution in [3.8, 4) is 0 Å². The van der Waals surface area contributed by atoms with E-state index in [2.05, 4.69) is 51.7 Å². The Balaban J connectivity index is 2.78. The van der Waals surface area contributed by atoms with Gasteiger partial charge in [0, 0.05) is 0 Å². The molecule has 1 aliphatic carbocycles. The summed E-state index contributed by atoms with van der Waals surface area (Å²) < 4.78 is 13.0. The van der Waals surface area contributed by atoms with Crippen LogP contribution in [0.5, 0.6) is 0 Å². The van der Waals surface area contributed by atoms with Crippen LogP contribution in [0.1, 0.15) is 92.9 Å². The Bertz CT molecular complexity index is 424. The number of aliphatic hydroxyl groups is 1. The average Bonchev–Trinajstić information content (AvgIpc) is 3.53. The molecule has 1 fully saturated rings. The fourth-order valence-corrected chi connectivity index (χ4v) is 20.0. The zero-order chi connectivity index (χ0) is 21.9. The second kappa shape index (κ2) is 14.5. The number of rotatable bonds is 17. The monoisotopic (exact) mass is 516 g/mol. The van der Waals surface area contributed by atoms with Crippen LogP contribution in [-0.2, 0) is 4.74 Å². The van der Waals surface area contributed by atoms with Crippen LogP contribution < -0.4 is 0 Å². The van der Waals surface area contributed by atoms with Crippen LogP contribution in [0.15, 0.2) is 10.2 Å². The van der Waals surface area contributed by atoms with Crippen molar-refractivity contribution < 1.29 is 9.84 Å². The molecule has 0 aliphatic heterocycles. The van der Waals surface area contributed by atoms with E-state index in [1.165, 1.54) is 58.3 Å². The number of hydrogen-bond acceptors (Lipinski definition) is 2. The standard InChI is InChI=1S/C14H25O2.3C4H9.Sn/c1-6-9(3)14(15)12-8-11(12)10(4)13(7-2)16-5;3*1-3-4-2;/h1,6,9-15H,7-8H2,2-5H3;3*1,3-4H2,2H3;/t9-,10+,11+,12+,13+,14+;;;;/m1..../s1. The zero-order valence-corrected chi connectivity index (χ0v) is 23.6. The Morgan fingerprint density at radius 2 is 1.45 bits per heavy atom. The first kappa shape index (κ1) is 27.5. The third-order valence-electron chi connectivity index (χ3n) is 7.67. The molecular formula is C26H52O2Sn. The summed E-state index contributed by atoms with van der Waals surface area (Å²) in [5.74, 6) is 1.96. The normalized spacial score (nSPS) is 23.9. The van der Waals surface area contributed by atoms with E-state index in [1.54, 1.807) is 0 Å². The van der Waals surface area contributed by atoms with Gasteiger partial charge in [0.05, 0.1) is 0 Å². The Kier molecular flexibility index (Phi) is 13.8. The predicted octanol–water partition coefficient (Wildman–Crippen LogP) is 7.63. The molecule has 1 saturated carbocycles. The van der Waals surface area contributed by atoms with Gasteiger partial charge in [0.15, 0.2) is 0 Å². The van der Waals surface area contributed by atoms with Gasteiger partial charge in [-0.3, -0.25) is 0 Å².